The molecule has 0 aromatic heterocycles. The maximum atomic E-state index is 6.12. The van der Waals surface area contributed by atoms with Crippen molar-refractivity contribution in [2.45, 2.75) is 12.5 Å². The van der Waals surface area contributed by atoms with Gasteiger partial charge in [0.2, 0.25) is 0 Å². The Labute approximate surface area is 104 Å². The summed E-state index contributed by atoms with van der Waals surface area (Å²) >= 11 is 12.2. The van der Waals surface area contributed by atoms with Gasteiger partial charge in [-0.25, -0.2) is 5.43 Å². The van der Waals surface area contributed by atoms with Crippen LogP contribution >= 0.6 is 23.2 Å². The number of hydrogen-bond acceptors (Lipinski definition) is 3. The molecule has 2 rings (SSSR count). The van der Waals surface area contributed by atoms with E-state index in [2.05, 4.69) is 5.43 Å². The molecule has 0 fully saturated rings. The zero-order valence-electron chi connectivity index (χ0n) is 8.54. The molecule has 0 radical (unpaired) electrons. The summed E-state index contributed by atoms with van der Waals surface area (Å²) in [5.41, 5.74) is 3.43. The van der Waals surface area contributed by atoms with Gasteiger partial charge in [0.05, 0.1) is 6.61 Å². The third-order valence-electron chi connectivity index (χ3n) is 2.47. The molecule has 1 unspecified atom stereocenters. The van der Waals surface area contributed by atoms with Crippen molar-refractivity contribution >= 4 is 23.2 Å². The molecule has 0 bridgehead atoms. The molecule has 16 heavy (non-hydrogen) atoms. The Bertz CT molecular complexity index is 400. The van der Waals surface area contributed by atoms with Crippen LogP contribution in [0.1, 0.15) is 18.0 Å². The third kappa shape index (κ3) is 2.18. The lowest BCUT2D eigenvalue weighted by molar-refractivity contribution is 0.216. The highest BCUT2D eigenvalue weighted by molar-refractivity contribution is 6.36. The van der Waals surface area contributed by atoms with Gasteiger partial charge in [0.25, 0.3) is 0 Å². The van der Waals surface area contributed by atoms with E-state index in [-0.39, 0.29) is 6.04 Å². The van der Waals surface area contributed by atoms with Crippen LogP contribution in [-0.4, -0.2) is 6.61 Å². The van der Waals surface area contributed by atoms with Crippen LogP contribution in [0.15, 0.2) is 30.0 Å². The summed E-state index contributed by atoms with van der Waals surface area (Å²) in [4.78, 5) is 0. The average Bonchev–Trinajstić information content (AvgIpc) is 2.77. The van der Waals surface area contributed by atoms with E-state index in [0.717, 1.165) is 17.7 Å². The lowest BCUT2D eigenvalue weighted by Crippen LogP contribution is -2.30. The lowest BCUT2D eigenvalue weighted by atomic mass is 10.1. The second kappa shape index (κ2) is 5.06. The second-order valence-electron chi connectivity index (χ2n) is 3.48. The maximum Gasteiger partial charge on any atom is 0.115 e. The van der Waals surface area contributed by atoms with Crippen molar-refractivity contribution in [2.24, 2.45) is 5.84 Å². The van der Waals surface area contributed by atoms with Crippen molar-refractivity contribution in [3.63, 3.8) is 0 Å². The number of hydrazine groups is 1. The highest BCUT2D eigenvalue weighted by atomic mass is 35.5. The van der Waals surface area contributed by atoms with Crippen molar-refractivity contribution in [2.75, 3.05) is 6.61 Å². The zero-order valence-corrected chi connectivity index (χ0v) is 10.1. The molecule has 5 heteroatoms. The molecule has 0 spiro atoms. The number of halogens is 2. The first-order valence-electron chi connectivity index (χ1n) is 4.97. The highest BCUT2D eigenvalue weighted by Crippen LogP contribution is 2.35. The fourth-order valence-electron chi connectivity index (χ4n) is 1.73. The van der Waals surface area contributed by atoms with Crippen LogP contribution in [0.2, 0.25) is 10.0 Å². The van der Waals surface area contributed by atoms with Gasteiger partial charge in [-0.15, -0.1) is 0 Å². The Morgan fingerprint density at radius 1 is 1.31 bits per heavy atom. The van der Waals surface area contributed by atoms with E-state index in [0.29, 0.717) is 16.7 Å². The highest BCUT2D eigenvalue weighted by Gasteiger charge is 2.23. The molecule has 0 amide bonds. The Balaban J connectivity index is 2.40. The summed E-state index contributed by atoms with van der Waals surface area (Å²) in [5, 5.41) is 1.15. The molecular weight excluding hydrogens is 247 g/mol. The first-order chi connectivity index (χ1) is 7.74. The zero-order chi connectivity index (χ0) is 11.5. The van der Waals surface area contributed by atoms with Crippen LogP contribution < -0.4 is 11.3 Å². The molecular formula is C11H12Cl2N2O. The fraction of sp³-hybridized carbons (Fsp3) is 0.273. The molecule has 3 N–H and O–H groups in total. The Kier molecular flexibility index (Phi) is 3.71. The summed E-state index contributed by atoms with van der Waals surface area (Å²) in [5.74, 6) is 6.31. The van der Waals surface area contributed by atoms with Crippen molar-refractivity contribution in [1.82, 2.24) is 5.43 Å². The topological polar surface area (TPSA) is 47.3 Å². The fourth-order valence-corrected chi connectivity index (χ4v) is 2.35. The van der Waals surface area contributed by atoms with Crippen LogP contribution in [0, 0.1) is 0 Å². The monoisotopic (exact) mass is 258 g/mol. The van der Waals surface area contributed by atoms with Crippen LogP contribution in [-0.2, 0) is 4.74 Å². The second-order valence-corrected chi connectivity index (χ2v) is 4.29. The number of ether oxygens (including phenoxy) is 1. The first kappa shape index (κ1) is 11.7. The number of nitrogens with one attached hydrogen (secondary N) is 1. The normalized spacial score (nSPS) is 16.8. The van der Waals surface area contributed by atoms with E-state index in [9.17, 15) is 0 Å². The number of rotatable bonds is 3. The van der Waals surface area contributed by atoms with Crippen molar-refractivity contribution < 1.29 is 4.74 Å². The van der Waals surface area contributed by atoms with Gasteiger partial charge in [0, 0.05) is 22.0 Å². The van der Waals surface area contributed by atoms with Gasteiger partial charge in [-0.2, -0.15) is 0 Å². The predicted molar refractivity (Wildman–Crippen MR) is 65.2 cm³/mol. The molecule has 0 aliphatic carbocycles. The van der Waals surface area contributed by atoms with Gasteiger partial charge in [-0.3, -0.25) is 5.84 Å². The minimum atomic E-state index is -0.288. The van der Waals surface area contributed by atoms with Gasteiger partial charge in [-0.05, 0) is 18.2 Å². The van der Waals surface area contributed by atoms with Gasteiger partial charge in [0.15, 0.2) is 0 Å². The summed E-state index contributed by atoms with van der Waals surface area (Å²) in [6.07, 6.45) is 2.87. The van der Waals surface area contributed by atoms with Gasteiger partial charge in [0.1, 0.15) is 11.8 Å². The summed E-state index contributed by atoms with van der Waals surface area (Å²) in [7, 11) is 0. The molecule has 3 nitrogen and oxygen atoms in total. The standard InChI is InChI=1S/C11H12Cl2N2O/c12-7-3-1-4-8(13)10(7)11(15-14)9-5-2-6-16-9/h1,3-5,11,15H,2,6,14H2. The Morgan fingerprint density at radius 2 is 2.00 bits per heavy atom. The number of hydrogen-bond donors (Lipinski definition) is 2. The minimum absolute atomic E-state index is 0.288. The van der Waals surface area contributed by atoms with E-state index in [4.69, 9.17) is 33.8 Å². The van der Waals surface area contributed by atoms with Gasteiger partial charge in [-0.1, -0.05) is 29.3 Å². The van der Waals surface area contributed by atoms with E-state index in [1.807, 2.05) is 6.08 Å². The summed E-state index contributed by atoms with van der Waals surface area (Å²) < 4.78 is 5.47. The smallest absolute Gasteiger partial charge is 0.115 e. The summed E-state index contributed by atoms with van der Waals surface area (Å²) in [6.45, 7) is 0.676. The average molecular weight is 259 g/mol. The molecule has 1 atom stereocenters. The van der Waals surface area contributed by atoms with Crippen LogP contribution in [0.25, 0.3) is 0 Å². The molecule has 1 aliphatic heterocycles. The number of nitrogens with two attached hydrogens (primary N) is 1. The van der Waals surface area contributed by atoms with E-state index < -0.39 is 0 Å². The van der Waals surface area contributed by atoms with Crippen molar-refractivity contribution in [3.05, 3.63) is 45.6 Å². The summed E-state index contributed by atoms with van der Waals surface area (Å²) in [6, 6.07) is 5.07. The molecule has 86 valence electrons. The molecule has 0 saturated heterocycles. The first-order valence-corrected chi connectivity index (χ1v) is 5.72. The molecule has 1 aliphatic rings. The minimum Gasteiger partial charge on any atom is -0.496 e. The van der Waals surface area contributed by atoms with Crippen LogP contribution in [0.4, 0.5) is 0 Å². The van der Waals surface area contributed by atoms with E-state index in [1.165, 1.54) is 0 Å². The largest absolute Gasteiger partial charge is 0.496 e. The van der Waals surface area contributed by atoms with E-state index >= 15 is 0 Å². The number of benzene rings is 1. The molecule has 1 aromatic carbocycles. The van der Waals surface area contributed by atoms with Crippen molar-refractivity contribution in [3.8, 4) is 0 Å². The maximum absolute atomic E-state index is 6.12. The van der Waals surface area contributed by atoms with Crippen molar-refractivity contribution in [1.29, 1.82) is 0 Å². The lowest BCUT2D eigenvalue weighted by Gasteiger charge is -2.19. The quantitative estimate of drug-likeness (QED) is 0.648. The van der Waals surface area contributed by atoms with Gasteiger partial charge >= 0.3 is 0 Å². The Morgan fingerprint density at radius 3 is 2.50 bits per heavy atom. The van der Waals surface area contributed by atoms with E-state index in [1.54, 1.807) is 18.2 Å². The molecule has 0 saturated carbocycles. The van der Waals surface area contributed by atoms with Crippen LogP contribution in [0.5, 0.6) is 0 Å². The van der Waals surface area contributed by atoms with Gasteiger partial charge < -0.3 is 4.74 Å². The Hall–Kier alpha value is -0.740. The predicted octanol–water partition coefficient (Wildman–Crippen LogP) is 2.80. The molecule has 1 aromatic rings. The SMILES string of the molecule is NNC(C1=CCCO1)c1c(Cl)cccc1Cl. The third-order valence-corrected chi connectivity index (χ3v) is 3.13. The molecule has 1 heterocycles. The van der Waals surface area contributed by atoms with Crippen LogP contribution in [0.3, 0.4) is 0 Å².